The zero-order chi connectivity index (χ0) is 21.4. The first-order chi connectivity index (χ1) is 15.1. The Bertz CT molecular complexity index is 1080. The summed E-state index contributed by atoms with van der Waals surface area (Å²) >= 11 is 0. The number of benzene rings is 1. The number of aromatic amines is 1. The summed E-state index contributed by atoms with van der Waals surface area (Å²) in [7, 11) is 0. The minimum atomic E-state index is -0.593. The van der Waals surface area contributed by atoms with E-state index in [-0.39, 0.29) is 18.1 Å². The Morgan fingerprint density at radius 3 is 2.81 bits per heavy atom. The van der Waals surface area contributed by atoms with Gasteiger partial charge < -0.3 is 20.7 Å². The van der Waals surface area contributed by atoms with Crippen LogP contribution in [0.3, 0.4) is 0 Å². The lowest BCUT2D eigenvalue weighted by Crippen LogP contribution is -2.25. The first-order valence-electron chi connectivity index (χ1n) is 10.4. The van der Waals surface area contributed by atoms with Crippen LogP contribution in [0, 0.1) is 11.6 Å². The number of nitrogens with one attached hydrogen (secondary N) is 2. The van der Waals surface area contributed by atoms with E-state index in [1.807, 2.05) is 11.0 Å². The summed E-state index contributed by atoms with van der Waals surface area (Å²) < 4.78 is 33.4. The molecule has 0 bridgehead atoms. The van der Waals surface area contributed by atoms with Crippen LogP contribution in [0.15, 0.2) is 30.3 Å². The smallest absolute Gasteiger partial charge is 0.223 e. The third-order valence-corrected chi connectivity index (χ3v) is 5.73. The molecule has 5 rings (SSSR count). The van der Waals surface area contributed by atoms with E-state index >= 15 is 0 Å². The van der Waals surface area contributed by atoms with Crippen molar-refractivity contribution < 1.29 is 13.5 Å². The van der Waals surface area contributed by atoms with Gasteiger partial charge in [0, 0.05) is 36.9 Å². The monoisotopic (exact) mass is 427 g/mol. The van der Waals surface area contributed by atoms with E-state index in [0.717, 1.165) is 44.1 Å². The van der Waals surface area contributed by atoms with Gasteiger partial charge in [0.1, 0.15) is 23.3 Å². The third-order valence-electron chi connectivity index (χ3n) is 5.73. The van der Waals surface area contributed by atoms with Gasteiger partial charge in [-0.05, 0) is 31.7 Å². The molecule has 8 nitrogen and oxygen atoms in total. The molecule has 2 aliphatic heterocycles. The quantitative estimate of drug-likeness (QED) is 0.565. The van der Waals surface area contributed by atoms with Crippen molar-refractivity contribution in [1.29, 1.82) is 0 Å². The fraction of sp³-hybridized carbons (Fsp3) is 0.381. The molecule has 4 heterocycles. The lowest BCUT2D eigenvalue weighted by Gasteiger charge is -2.26. The second-order valence-electron chi connectivity index (χ2n) is 7.82. The largest absolute Gasteiger partial charge is 0.372 e. The minimum Gasteiger partial charge on any atom is -0.372 e. The number of nitrogens with zero attached hydrogens (tertiary/aromatic N) is 4. The molecule has 2 aromatic heterocycles. The number of hydrogen-bond acceptors (Lipinski definition) is 7. The van der Waals surface area contributed by atoms with Crippen molar-refractivity contribution in [2.45, 2.75) is 37.8 Å². The van der Waals surface area contributed by atoms with Crippen LogP contribution in [0.2, 0.25) is 0 Å². The summed E-state index contributed by atoms with van der Waals surface area (Å²) in [6.07, 6.45) is 3.62. The van der Waals surface area contributed by atoms with Crippen LogP contribution in [0.5, 0.6) is 0 Å². The van der Waals surface area contributed by atoms with Gasteiger partial charge in [0.25, 0.3) is 0 Å². The van der Waals surface area contributed by atoms with E-state index in [0.29, 0.717) is 29.6 Å². The molecule has 0 amide bonds. The SMILES string of the molecule is Nc1nc(Nc2cc(C3CCCO3)[nH]n2)cc(N2CCCC2c2ccc(F)cc2F)n1. The highest BCUT2D eigenvalue weighted by Crippen LogP contribution is 2.37. The highest BCUT2D eigenvalue weighted by molar-refractivity contribution is 5.60. The number of H-pyrrole nitrogens is 1. The molecule has 31 heavy (non-hydrogen) atoms. The van der Waals surface area contributed by atoms with Crippen LogP contribution in [0.1, 0.15) is 49.1 Å². The number of aromatic nitrogens is 4. The molecule has 0 saturated carbocycles. The highest BCUT2D eigenvalue weighted by atomic mass is 19.1. The molecule has 10 heteroatoms. The lowest BCUT2D eigenvalue weighted by molar-refractivity contribution is 0.108. The summed E-state index contributed by atoms with van der Waals surface area (Å²) in [5, 5.41) is 10.4. The number of rotatable bonds is 5. The van der Waals surface area contributed by atoms with Crippen molar-refractivity contribution in [1.82, 2.24) is 20.2 Å². The normalized spacial score (nSPS) is 21.0. The number of ether oxygens (including phenoxy) is 1. The zero-order valence-electron chi connectivity index (χ0n) is 16.8. The van der Waals surface area contributed by atoms with Gasteiger partial charge in [-0.15, -0.1) is 0 Å². The Balaban J connectivity index is 1.39. The van der Waals surface area contributed by atoms with E-state index in [1.54, 1.807) is 6.07 Å². The summed E-state index contributed by atoms with van der Waals surface area (Å²) in [5.74, 6) is 0.604. The summed E-state index contributed by atoms with van der Waals surface area (Å²) in [5.41, 5.74) is 7.31. The van der Waals surface area contributed by atoms with Gasteiger partial charge in [-0.1, -0.05) is 6.07 Å². The van der Waals surface area contributed by atoms with Crippen molar-refractivity contribution >= 4 is 23.4 Å². The van der Waals surface area contributed by atoms with Crippen molar-refractivity contribution in [2.75, 3.05) is 29.1 Å². The van der Waals surface area contributed by atoms with Gasteiger partial charge in [0.05, 0.1) is 17.8 Å². The molecule has 2 fully saturated rings. The standard InChI is InChI=1S/C21H23F2N7O/c22-12-5-6-13(14(23)9-12)16-3-1-7-30(16)20-11-18(26-21(24)27-20)25-19-10-15(28-29-19)17-4-2-8-31-17/h5-6,9-11,16-17H,1-4,7-8H2,(H4,24,25,26,27,28,29). The van der Waals surface area contributed by atoms with Crippen molar-refractivity contribution in [2.24, 2.45) is 0 Å². The summed E-state index contributed by atoms with van der Waals surface area (Å²) in [6.45, 7) is 1.44. The van der Waals surface area contributed by atoms with E-state index in [2.05, 4.69) is 25.5 Å². The Labute approximate surface area is 177 Å². The van der Waals surface area contributed by atoms with Crippen LogP contribution >= 0.6 is 0 Å². The number of nitrogen functional groups attached to an aromatic ring is 1. The Morgan fingerprint density at radius 2 is 2.00 bits per heavy atom. The van der Waals surface area contributed by atoms with Crippen LogP contribution in [0.4, 0.5) is 32.2 Å². The highest BCUT2D eigenvalue weighted by Gasteiger charge is 2.30. The van der Waals surface area contributed by atoms with Gasteiger partial charge in [0.15, 0.2) is 5.82 Å². The summed E-state index contributed by atoms with van der Waals surface area (Å²) in [6, 6.07) is 7.08. The average molecular weight is 427 g/mol. The molecule has 4 N–H and O–H groups in total. The van der Waals surface area contributed by atoms with Gasteiger partial charge in [-0.25, -0.2) is 8.78 Å². The average Bonchev–Trinajstić information content (AvgIpc) is 3.49. The molecular weight excluding hydrogens is 404 g/mol. The molecular formula is C21H23F2N7O. The van der Waals surface area contributed by atoms with Crippen LogP contribution < -0.4 is 16.0 Å². The maximum absolute atomic E-state index is 14.4. The second kappa shape index (κ2) is 8.10. The predicted octanol–water partition coefficient (Wildman–Crippen LogP) is 4.00. The molecule has 3 aromatic rings. The Hall–Kier alpha value is -3.27. The molecule has 162 valence electrons. The maximum Gasteiger partial charge on any atom is 0.223 e. The van der Waals surface area contributed by atoms with Crippen LogP contribution in [-0.4, -0.2) is 33.3 Å². The zero-order valence-corrected chi connectivity index (χ0v) is 16.8. The topological polar surface area (TPSA) is 105 Å². The molecule has 1 aromatic carbocycles. The van der Waals surface area contributed by atoms with E-state index in [9.17, 15) is 8.78 Å². The Morgan fingerprint density at radius 1 is 1.10 bits per heavy atom. The number of nitrogens with two attached hydrogens (primary N) is 1. The molecule has 2 atom stereocenters. The molecule has 2 unspecified atom stereocenters. The lowest BCUT2D eigenvalue weighted by atomic mass is 10.0. The van der Waals surface area contributed by atoms with Crippen LogP contribution in [-0.2, 0) is 4.74 Å². The second-order valence-corrected chi connectivity index (χ2v) is 7.82. The number of halogens is 2. The van der Waals surface area contributed by atoms with E-state index in [4.69, 9.17) is 10.5 Å². The molecule has 0 spiro atoms. The van der Waals surface area contributed by atoms with Gasteiger partial charge >= 0.3 is 0 Å². The first kappa shape index (κ1) is 19.7. The number of anilines is 4. The van der Waals surface area contributed by atoms with Crippen LogP contribution in [0.25, 0.3) is 0 Å². The predicted molar refractivity (Wildman–Crippen MR) is 112 cm³/mol. The molecule has 0 aliphatic carbocycles. The minimum absolute atomic E-state index is 0.0324. The van der Waals surface area contributed by atoms with E-state index < -0.39 is 11.6 Å². The molecule has 2 aliphatic rings. The Kier molecular flexibility index (Phi) is 5.14. The number of hydrogen-bond donors (Lipinski definition) is 3. The molecule has 0 radical (unpaired) electrons. The van der Waals surface area contributed by atoms with E-state index in [1.165, 1.54) is 12.1 Å². The third kappa shape index (κ3) is 4.02. The maximum atomic E-state index is 14.4. The fourth-order valence-electron chi connectivity index (χ4n) is 4.32. The fourth-order valence-corrected chi connectivity index (χ4v) is 4.32. The van der Waals surface area contributed by atoms with Crippen molar-refractivity contribution in [3.8, 4) is 0 Å². The van der Waals surface area contributed by atoms with Crippen molar-refractivity contribution in [3.63, 3.8) is 0 Å². The van der Waals surface area contributed by atoms with Crippen molar-refractivity contribution in [3.05, 3.63) is 53.2 Å². The van der Waals surface area contributed by atoms with Gasteiger partial charge in [0.2, 0.25) is 5.95 Å². The summed E-state index contributed by atoms with van der Waals surface area (Å²) in [4.78, 5) is 10.6. The van der Waals surface area contributed by atoms with Gasteiger partial charge in [-0.2, -0.15) is 15.1 Å². The first-order valence-corrected chi connectivity index (χ1v) is 10.4. The van der Waals surface area contributed by atoms with Gasteiger partial charge in [-0.3, -0.25) is 5.10 Å². The molecule has 2 saturated heterocycles.